The fourth-order valence-electron chi connectivity index (χ4n) is 5.58. The van der Waals surface area contributed by atoms with Gasteiger partial charge in [-0.3, -0.25) is 9.59 Å². The molecule has 1 amide bonds. The predicted octanol–water partition coefficient (Wildman–Crippen LogP) is 4.71. The standard InChI is InChI=1S/C26H30Cl2N2O6S/c1-4-36-26(32)22-16-9-5-6-10-17(16)25(31)30(20-12-8-7-11-19(20)29-37(3,33)34)24(22)23-18(28)13-15(27)14-21(23)35-2/h5-6,9-10,13-14,19-20,22,24,29H,4,7-8,11-12H2,1-3H3/t19?,20-,22+,24+/m0/s1. The van der Waals surface area contributed by atoms with E-state index in [4.69, 9.17) is 32.7 Å². The van der Waals surface area contributed by atoms with Crippen molar-refractivity contribution in [1.82, 2.24) is 9.62 Å². The summed E-state index contributed by atoms with van der Waals surface area (Å²) in [5.41, 5.74) is 1.30. The van der Waals surface area contributed by atoms with Gasteiger partial charge >= 0.3 is 5.97 Å². The summed E-state index contributed by atoms with van der Waals surface area (Å²) in [6.07, 6.45) is 3.79. The summed E-state index contributed by atoms with van der Waals surface area (Å²) in [4.78, 5) is 29.4. The molecule has 1 fully saturated rings. The number of fused-ring (bicyclic) bond motifs is 1. The zero-order valence-corrected chi connectivity index (χ0v) is 23.2. The third-order valence-corrected chi connectivity index (χ3v) is 8.20. The van der Waals surface area contributed by atoms with E-state index in [0.717, 1.165) is 19.1 Å². The van der Waals surface area contributed by atoms with E-state index in [1.807, 2.05) is 0 Å². The second-order valence-corrected chi connectivity index (χ2v) is 11.9. The van der Waals surface area contributed by atoms with Crippen LogP contribution in [0.1, 0.15) is 66.1 Å². The number of ether oxygens (including phenoxy) is 2. The molecule has 1 heterocycles. The van der Waals surface area contributed by atoms with E-state index in [-0.39, 0.29) is 17.5 Å². The van der Waals surface area contributed by atoms with Crippen LogP contribution in [0.5, 0.6) is 5.75 Å². The molecule has 1 N–H and O–H groups in total. The fourth-order valence-corrected chi connectivity index (χ4v) is 6.99. The first-order chi connectivity index (χ1) is 17.6. The molecule has 0 radical (unpaired) electrons. The van der Waals surface area contributed by atoms with Crippen molar-refractivity contribution >= 4 is 45.1 Å². The van der Waals surface area contributed by atoms with Gasteiger partial charge in [-0.15, -0.1) is 0 Å². The first-order valence-electron chi connectivity index (χ1n) is 12.2. The summed E-state index contributed by atoms with van der Waals surface area (Å²) >= 11 is 13.0. The third-order valence-electron chi connectivity index (χ3n) is 6.94. The first kappa shape index (κ1) is 27.7. The first-order valence-corrected chi connectivity index (χ1v) is 14.8. The Morgan fingerprint density at radius 1 is 1.16 bits per heavy atom. The average molecular weight is 570 g/mol. The van der Waals surface area contributed by atoms with Gasteiger partial charge in [0.1, 0.15) is 11.7 Å². The molecule has 1 aliphatic heterocycles. The summed E-state index contributed by atoms with van der Waals surface area (Å²) < 4.78 is 38.4. The largest absolute Gasteiger partial charge is 0.496 e. The van der Waals surface area contributed by atoms with E-state index < -0.39 is 40.0 Å². The van der Waals surface area contributed by atoms with E-state index in [0.29, 0.717) is 40.3 Å². The highest BCUT2D eigenvalue weighted by molar-refractivity contribution is 7.88. The van der Waals surface area contributed by atoms with Crippen molar-refractivity contribution in [2.75, 3.05) is 20.0 Å². The predicted molar refractivity (Wildman–Crippen MR) is 142 cm³/mol. The molecule has 1 saturated carbocycles. The van der Waals surface area contributed by atoms with Gasteiger partial charge in [-0.05, 0) is 43.5 Å². The Morgan fingerprint density at radius 2 is 1.86 bits per heavy atom. The molecule has 11 heteroatoms. The van der Waals surface area contributed by atoms with Crippen LogP contribution in [0.3, 0.4) is 0 Å². The Labute approximate surface area is 227 Å². The molecular weight excluding hydrogens is 539 g/mol. The molecule has 2 aromatic rings. The summed E-state index contributed by atoms with van der Waals surface area (Å²) in [5, 5.41) is 0.561. The Kier molecular flexibility index (Phi) is 8.38. The van der Waals surface area contributed by atoms with Crippen molar-refractivity contribution < 1.29 is 27.5 Å². The molecule has 2 aromatic carbocycles. The minimum Gasteiger partial charge on any atom is -0.496 e. The molecule has 1 unspecified atom stereocenters. The van der Waals surface area contributed by atoms with Crippen LogP contribution in [-0.4, -0.2) is 57.3 Å². The zero-order valence-electron chi connectivity index (χ0n) is 20.9. The van der Waals surface area contributed by atoms with Crippen LogP contribution in [0.4, 0.5) is 0 Å². The van der Waals surface area contributed by atoms with Crippen molar-refractivity contribution in [2.45, 2.75) is 56.7 Å². The lowest BCUT2D eigenvalue weighted by Gasteiger charge is -2.49. The fraction of sp³-hybridized carbons (Fsp3) is 0.462. The van der Waals surface area contributed by atoms with Crippen molar-refractivity contribution in [3.05, 3.63) is 63.1 Å². The second-order valence-electron chi connectivity index (χ2n) is 9.33. The molecule has 200 valence electrons. The molecule has 0 spiro atoms. The lowest BCUT2D eigenvalue weighted by Crippen LogP contribution is -2.58. The van der Waals surface area contributed by atoms with E-state index in [1.165, 1.54) is 7.11 Å². The maximum Gasteiger partial charge on any atom is 0.315 e. The summed E-state index contributed by atoms with van der Waals surface area (Å²) in [6, 6.07) is 8.04. The van der Waals surface area contributed by atoms with Gasteiger partial charge in [0.05, 0.1) is 31.0 Å². The number of methoxy groups -OCH3 is 1. The number of benzene rings is 2. The van der Waals surface area contributed by atoms with E-state index >= 15 is 0 Å². The number of hydrogen-bond acceptors (Lipinski definition) is 6. The normalized spacial score (nSPS) is 23.9. The van der Waals surface area contributed by atoms with E-state index in [1.54, 1.807) is 48.2 Å². The second kappa shape index (κ2) is 11.2. The summed E-state index contributed by atoms with van der Waals surface area (Å²) in [7, 11) is -2.11. The third kappa shape index (κ3) is 5.60. The minimum absolute atomic E-state index is 0.144. The Hall–Kier alpha value is -2.33. The number of halogens is 2. The number of hydrogen-bond donors (Lipinski definition) is 1. The van der Waals surface area contributed by atoms with Crippen LogP contribution in [-0.2, 0) is 19.6 Å². The van der Waals surface area contributed by atoms with Gasteiger partial charge < -0.3 is 14.4 Å². The Morgan fingerprint density at radius 3 is 2.54 bits per heavy atom. The van der Waals surface area contributed by atoms with Crippen LogP contribution in [0.15, 0.2) is 36.4 Å². The Balaban J connectivity index is 2.00. The SMILES string of the molecule is CCOC(=O)[C@@H]1c2ccccc2C(=O)N([C@H]2CCCCC2NS(C)(=O)=O)[C@H]1c1c(Cl)cc(Cl)cc1OC. The van der Waals surface area contributed by atoms with Gasteiger partial charge in [-0.2, -0.15) is 0 Å². The molecule has 0 saturated heterocycles. The number of amides is 1. The number of esters is 1. The van der Waals surface area contributed by atoms with Crippen LogP contribution in [0, 0.1) is 0 Å². The number of nitrogens with zero attached hydrogens (tertiary/aromatic N) is 1. The number of sulfonamides is 1. The highest BCUT2D eigenvalue weighted by Gasteiger charge is 2.50. The van der Waals surface area contributed by atoms with Crippen molar-refractivity contribution in [3.63, 3.8) is 0 Å². The lowest BCUT2D eigenvalue weighted by molar-refractivity contribution is -0.147. The van der Waals surface area contributed by atoms with Gasteiger partial charge in [0, 0.05) is 28.2 Å². The molecule has 4 rings (SSSR count). The summed E-state index contributed by atoms with van der Waals surface area (Å²) in [5.74, 6) is -1.45. The minimum atomic E-state index is -3.57. The molecular formula is C26H30Cl2N2O6S. The summed E-state index contributed by atoms with van der Waals surface area (Å²) in [6.45, 7) is 1.86. The number of carbonyl (C=O) groups excluding carboxylic acids is 2. The maximum atomic E-state index is 14.2. The maximum absolute atomic E-state index is 14.2. The zero-order chi connectivity index (χ0) is 26.9. The molecule has 0 bridgehead atoms. The Bertz CT molecular complexity index is 1300. The van der Waals surface area contributed by atoms with Crippen LogP contribution < -0.4 is 9.46 Å². The lowest BCUT2D eigenvalue weighted by atomic mass is 9.76. The number of nitrogens with one attached hydrogen (secondary N) is 1. The molecule has 8 nitrogen and oxygen atoms in total. The quantitative estimate of drug-likeness (QED) is 0.485. The van der Waals surface area contributed by atoms with Gasteiger partial charge in [0.2, 0.25) is 10.0 Å². The van der Waals surface area contributed by atoms with Crippen molar-refractivity contribution in [3.8, 4) is 5.75 Å². The molecule has 2 aliphatic rings. The monoisotopic (exact) mass is 568 g/mol. The number of rotatable bonds is 7. The molecule has 37 heavy (non-hydrogen) atoms. The van der Waals surface area contributed by atoms with E-state index in [2.05, 4.69) is 4.72 Å². The molecule has 1 aliphatic carbocycles. The van der Waals surface area contributed by atoms with Gasteiger partial charge in [0.25, 0.3) is 5.91 Å². The van der Waals surface area contributed by atoms with E-state index in [9.17, 15) is 18.0 Å². The highest BCUT2D eigenvalue weighted by Crippen LogP contribution is 2.51. The van der Waals surface area contributed by atoms with Crippen LogP contribution >= 0.6 is 23.2 Å². The van der Waals surface area contributed by atoms with Gasteiger partial charge in [-0.25, -0.2) is 13.1 Å². The van der Waals surface area contributed by atoms with Crippen LogP contribution in [0.2, 0.25) is 10.0 Å². The van der Waals surface area contributed by atoms with Crippen LogP contribution in [0.25, 0.3) is 0 Å². The van der Waals surface area contributed by atoms with Crippen molar-refractivity contribution in [1.29, 1.82) is 0 Å². The number of carbonyl (C=O) groups is 2. The van der Waals surface area contributed by atoms with Gasteiger partial charge in [0.15, 0.2) is 0 Å². The molecule has 0 aromatic heterocycles. The van der Waals surface area contributed by atoms with Gasteiger partial charge in [-0.1, -0.05) is 54.2 Å². The highest BCUT2D eigenvalue weighted by atomic mass is 35.5. The smallest absolute Gasteiger partial charge is 0.315 e. The molecule has 4 atom stereocenters. The topological polar surface area (TPSA) is 102 Å². The van der Waals surface area contributed by atoms with Crippen molar-refractivity contribution in [2.24, 2.45) is 0 Å². The average Bonchev–Trinajstić information content (AvgIpc) is 2.83.